The van der Waals surface area contributed by atoms with Crippen molar-refractivity contribution in [3.63, 3.8) is 0 Å². The average Bonchev–Trinajstić information content (AvgIpc) is 2.90. The molecule has 0 fully saturated rings. The van der Waals surface area contributed by atoms with Crippen molar-refractivity contribution in [1.82, 2.24) is 19.5 Å². The zero-order valence-electron chi connectivity index (χ0n) is 13.0. The van der Waals surface area contributed by atoms with Crippen molar-refractivity contribution >= 4 is 22.7 Å². The number of aromatic nitrogens is 4. The van der Waals surface area contributed by atoms with E-state index in [1.54, 1.807) is 42.9 Å². The lowest BCUT2D eigenvalue weighted by molar-refractivity contribution is -0.144. The van der Waals surface area contributed by atoms with Gasteiger partial charge in [-0.3, -0.25) is 0 Å². The van der Waals surface area contributed by atoms with Gasteiger partial charge >= 0.3 is 6.18 Å². The number of hydrogen-bond donors (Lipinski definition) is 1. The second-order valence-corrected chi connectivity index (χ2v) is 5.55. The summed E-state index contributed by atoms with van der Waals surface area (Å²) in [5.41, 5.74) is 7.59. The fourth-order valence-corrected chi connectivity index (χ4v) is 2.30. The Balaban J connectivity index is 2.12. The quantitative estimate of drug-likeness (QED) is 0.744. The smallest absolute Gasteiger partial charge is 0.399 e. The number of anilines is 2. The lowest BCUT2D eigenvalue weighted by Crippen LogP contribution is -2.18. The number of fused-ring (bicyclic) bond motifs is 1. The molecule has 0 spiro atoms. The number of rotatable bonds is 3. The van der Waals surface area contributed by atoms with Gasteiger partial charge in [-0.25, -0.2) is 15.0 Å². The van der Waals surface area contributed by atoms with Crippen molar-refractivity contribution in [2.24, 2.45) is 0 Å². The summed E-state index contributed by atoms with van der Waals surface area (Å²) in [6, 6.07) is 7.07. The van der Waals surface area contributed by atoms with E-state index in [2.05, 4.69) is 15.0 Å². The highest BCUT2D eigenvalue weighted by atomic mass is 19.4. The maximum atomic E-state index is 13.1. The Kier molecular flexibility index (Phi) is 3.78. The molecule has 3 aromatic rings. The first-order chi connectivity index (χ1) is 11.3. The minimum absolute atomic E-state index is 0.128. The standard InChI is InChI=1S/C15H15F3N6/c1-23(2)12-11-13(22-14(21-12)15(16,17)18)24(8-20-11)7-9-3-5-10(19)6-4-9/h3-6,8H,7,19H2,1-2H3. The predicted molar refractivity (Wildman–Crippen MR) is 84.6 cm³/mol. The molecule has 0 unspecified atom stereocenters. The molecule has 0 saturated heterocycles. The fourth-order valence-electron chi connectivity index (χ4n) is 2.30. The monoisotopic (exact) mass is 336 g/mol. The van der Waals surface area contributed by atoms with Gasteiger partial charge in [-0.15, -0.1) is 0 Å². The summed E-state index contributed by atoms with van der Waals surface area (Å²) in [4.78, 5) is 12.9. The number of halogens is 3. The Morgan fingerprint density at radius 1 is 1.12 bits per heavy atom. The summed E-state index contributed by atoms with van der Waals surface area (Å²) >= 11 is 0. The van der Waals surface area contributed by atoms with Gasteiger partial charge in [0.15, 0.2) is 17.0 Å². The van der Waals surface area contributed by atoms with Crippen LogP contribution < -0.4 is 10.6 Å². The number of benzene rings is 1. The summed E-state index contributed by atoms with van der Waals surface area (Å²) in [6.45, 7) is 0.331. The van der Waals surface area contributed by atoms with Crippen LogP contribution in [-0.4, -0.2) is 33.6 Å². The van der Waals surface area contributed by atoms with Gasteiger partial charge in [-0.05, 0) is 17.7 Å². The number of hydrogen-bond acceptors (Lipinski definition) is 5. The van der Waals surface area contributed by atoms with E-state index in [-0.39, 0.29) is 11.5 Å². The molecule has 6 nitrogen and oxygen atoms in total. The molecule has 0 amide bonds. The molecular formula is C15H15F3N6. The predicted octanol–water partition coefficient (Wildman–Crippen LogP) is 2.54. The fraction of sp³-hybridized carbons (Fsp3) is 0.267. The highest BCUT2D eigenvalue weighted by Gasteiger charge is 2.36. The number of nitrogens with two attached hydrogens (primary N) is 1. The van der Waals surface area contributed by atoms with Crippen LogP contribution in [0.4, 0.5) is 24.7 Å². The van der Waals surface area contributed by atoms with E-state index in [0.29, 0.717) is 17.7 Å². The molecule has 0 atom stereocenters. The highest BCUT2D eigenvalue weighted by molar-refractivity contribution is 5.83. The zero-order chi connectivity index (χ0) is 17.5. The molecule has 24 heavy (non-hydrogen) atoms. The molecule has 2 N–H and O–H groups in total. The first-order valence-electron chi connectivity index (χ1n) is 7.07. The Bertz CT molecular complexity index is 867. The van der Waals surface area contributed by atoms with Gasteiger partial charge in [0.25, 0.3) is 0 Å². The number of nitrogens with zero attached hydrogens (tertiary/aromatic N) is 5. The van der Waals surface area contributed by atoms with Crippen molar-refractivity contribution in [1.29, 1.82) is 0 Å². The summed E-state index contributed by atoms with van der Waals surface area (Å²) < 4.78 is 40.8. The normalized spacial score (nSPS) is 11.9. The molecule has 2 aromatic heterocycles. The largest absolute Gasteiger partial charge is 0.451 e. The van der Waals surface area contributed by atoms with Crippen LogP contribution in [-0.2, 0) is 12.7 Å². The number of alkyl halides is 3. The molecular weight excluding hydrogens is 321 g/mol. The van der Waals surface area contributed by atoms with E-state index in [1.165, 1.54) is 11.2 Å². The van der Waals surface area contributed by atoms with Gasteiger partial charge in [0, 0.05) is 19.8 Å². The van der Waals surface area contributed by atoms with Crippen LogP contribution in [0.3, 0.4) is 0 Å². The van der Waals surface area contributed by atoms with Crippen LogP contribution in [0.2, 0.25) is 0 Å². The zero-order valence-corrected chi connectivity index (χ0v) is 13.0. The van der Waals surface area contributed by atoms with Crippen molar-refractivity contribution in [2.45, 2.75) is 12.7 Å². The van der Waals surface area contributed by atoms with Crippen molar-refractivity contribution < 1.29 is 13.2 Å². The Morgan fingerprint density at radius 2 is 1.79 bits per heavy atom. The van der Waals surface area contributed by atoms with Crippen molar-refractivity contribution in [2.75, 3.05) is 24.7 Å². The summed E-state index contributed by atoms with van der Waals surface area (Å²) in [5, 5.41) is 0. The Hall–Kier alpha value is -2.84. The van der Waals surface area contributed by atoms with E-state index in [9.17, 15) is 13.2 Å². The van der Waals surface area contributed by atoms with Gasteiger partial charge in [0.2, 0.25) is 5.82 Å². The van der Waals surface area contributed by atoms with Crippen molar-refractivity contribution in [3.05, 3.63) is 42.0 Å². The molecule has 126 valence electrons. The summed E-state index contributed by atoms with van der Waals surface area (Å²) in [7, 11) is 3.22. The van der Waals surface area contributed by atoms with E-state index in [4.69, 9.17) is 5.73 Å². The molecule has 3 rings (SSSR count). The maximum Gasteiger partial charge on any atom is 0.451 e. The lowest BCUT2D eigenvalue weighted by Gasteiger charge is -2.14. The minimum atomic E-state index is -4.63. The van der Waals surface area contributed by atoms with Gasteiger partial charge in [-0.1, -0.05) is 12.1 Å². The van der Waals surface area contributed by atoms with Gasteiger partial charge in [0.05, 0.1) is 12.9 Å². The first kappa shape index (κ1) is 16.0. The topological polar surface area (TPSA) is 72.9 Å². The van der Waals surface area contributed by atoms with Crippen LogP contribution in [0.25, 0.3) is 11.2 Å². The molecule has 0 saturated carbocycles. The maximum absolute atomic E-state index is 13.1. The Morgan fingerprint density at radius 3 is 2.38 bits per heavy atom. The number of imidazole rings is 1. The first-order valence-corrected chi connectivity index (χ1v) is 7.07. The van der Waals surface area contributed by atoms with E-state index in [1.807, 2.05) is 0 Å². The third kappa shape index (κ3) is 2.97. The summed E-state index contributed by atoms with van der Waals surface area (Å²) in [5.74, 6) is -1.05. The van der Waals surface area contributed by atoms with E-state index in [0.717, 1.165) is 5.56 Å². The second-order valence-electron chi connectivity index (χ2n) is 5.55. The average molecular weight is 336 g/mol. The van der Waals surface area contributed by atoms with Gasteiger partial charge < -0.3 is 15.2 Å². The lowest BCUT2D eigenvalue weighted by atomic mass is 10.2. The molecule has 0 aliphatic rings. The van der Waals surface area contributed by atoms with Crippen LogP contribution >= 0.6 is 0 Å². The molecule has 0 radical (unpaired) electrons. The molecule has 2 heterocycles. The second kappa shape index (κ2) is 5.66. The van der Waals surface area contributed by atoms with Crippen molar-refractivity contribution in [3.8, 4) is 0 Å². The molecule has 0 aliphatic heterocycles. The van der Waals surface area contributed by atoms with Gasteiger partial charge in [0.1, 0.15) is 0 Å². The van der Waals surface area contributed by atoms with E-state index < -0.39 is 12.0 Å². The minimum Gasteiger partial charge on any atom is -0.399 e. The highest BCUT2D eigenvalue weighted by Crippen LogP contribution is 2.30. The van der Waals surface area contributed by atoms with Crippen LogP contribution in [0, 0.1) is 0 Å². The third-order valence-electron chi connectivity index (χ3n) is 3.46. The van der Waals surface area contributed by atoms with Crippen LogP contribution in [0.5, 0.6) is 0 Å². The SMILES string of the molecule is CN(C)c1nc(C(F)(F)F)nc2c1ncn2Cc1ccc(N)cc1. The summed E-state index contributed by atoms with van der Waals surface area (Å²) in [6.07, 6.45) is -3.17. The number of nitrogen functional groups attached to an aromatic ring is 1. The van der Waals surface area contributed by atoms with E-state index >= 15 is 0 Å². The Labute approximate surface area is 135 Å². The molecule has 0 bridgehead atoms. The molecule has 1 aromatic carbocycles. The molecule has 9 heteroatoms. The van der Waals surface area contributed by atoms with Gasteiger partial charge in [-0.2, -0.15) is 13.2 Å². The van der Waals surface area contributed by atoms with Crippen LogP contribution in [0.1, 0.15) is 11.4 Å². The molecule has 0 aliphatic carbocycles. The third-order valence-corrected chi connectivity index (χ3v) is 3.46. The van der Waals surface area contributed by atoms with Crippen LogP contribution in [0.15, 0.2) is 30.6 Å².